The van der Waals surface area contributed by atoms with Crippen LogP contribution in [0.1, 0.15) is 23.4 Å². The molecule has 2 aromatic rings. The van der Waals surface area contributed by atoms with Crippen LogP contribution in [0.2, 0.25) is 0 Å². The van der Waals surface area contributed by atoms with Crippen molar-refractivity contribution in [3.63, 3.8) is 0 Å². The zero-order valence-electron chi connectivity index (χ0n) is 10.7. The van der Waals surface area contributed by atoms with Crippen molar-refractivity contribution in [3.05, 3.63) is 49.0 Å². The van der Waals surface area contributed by atoms with Gasteiger partial charge in [0.05, 0.1) is 16.1 Å². The number of nitrogens with one attached hydrogen (secondary N) is 1. The maximum Gasteiger partial charge on any atom is 0.147 e. The third kappa shape index (κ3) is 3.81. The Bertz CT molecular complexity index is 519. The molecule has 5 heteroatoms. The molecule has 2 rings (SSSR count). The van der Waals surface area contributed by atoms with Crippen LogP contribution in [0, 0.1) is 0 Å². The monoisotopic (exact) mass is 403 g/mol. The standard InChI is InChI=1S/C14H15Br2NOS/c1-9(13-4-3-5-19-13)17-8-10-6-11(15)14(18-2)12(16)7-10/h3-7,9,17H,8H2,1-2H3/t9-/m0/s1. The third-order valence-corrected chi connectivity index (χ3v) is 5.08. The smallest absolute Gasteiger partial charge is 0.147 e. The minimum atomic E-state index is 0.361. The molecule has 1 N–H and O–H groups in total. The summed E-state index contributed by atoms with van der Waals surface area (Å²) in [5, 5.41) is 5.63. The SMILES string of the molecule is COc1c(Br)cc(CN[C@@H](C)c2cccs2)cc1Br. The van der Waals surface area contributed by atoms with Crippen molar-refractivity contribution < 1.29 is 4.74 Å². The predicted octanol–water partition coefficient (Wildman–Crippen LogP) is 5.13. The second-order valence-electron chi connectivity index (χ2n) is 4.21. The maximum atomic E-state index is 5.30. The molecule has 19 heavy (non-hydrogen) atoms. The summed E-state index contributed by atoms with van der Waals surface area (Å²) in [6.45, 7) is 3.00. The highest BCUT2D eigenvalue weighted by atomic mass is 79.9. The normalized spacial score (nSPS) is 12.4. The van der Waals surface area contributed by atoms with Crippen molar-refractivity contribution in [1.29, 1.82) is 0 Å². The lowest BCUT2D eigenvalue weighted by molar-refractivity contribution is 0.409. The Morgan fingerprint density at radius 3 is 2.53 bits per heavy atom. The molecule has 0 fully saturated rings. The average molecular weight is 405 g/mol. The van der Waals surface area contributed by atoms with Gasteiger partial charge in [-0.1, -0.05) is 6.07 Å². The molecule has 0 aliphatic heterocycles. The van der Waals surface area contributed by atoms with Crippen molar-refractivity contribution in [3.8, 4) is 5.75 Å². The van der Waals surface area contributed by atoms with Gasteiger partial charge in [0.2, 0.25) is 0 Å². The highest BCUT2D eigenvalue weighted by Gasteiger charge is 2.09. The molecular weight excluding hydrogens is 390 g/mol. The van der Waals surface area contributed by atoms with Gasteiger partial charge in [0.15, 0.2) is 0 Å². The summed E-state index contributed by atoms with van der Waals surface area (Å²) < 4.78 is 7.23. The van der Waals surface area contributed by atoms with Crippen molar-refractivity contribution in [2.75, 3.05) is 7.11 Å². The van der Waals surface area contributed by atoms with Gasteiger partial charge < -0.3 is 10.1 Å². The fourth-order valence-electron chi connectivity index (χ4n) is 1.82. The quantitative estimate of drug-likeness (QED) is 0.745. The zero-order chi connectivity index (χ0) is 13.8. The van der Waals surface area contributed by atoms with Crippen LogP contribution in [-0.4, -0.2) is 7.11 Å². The average Bonchev–Trinajstić information content (AvgIpc) is 2.89. The summed E-state index contributed by atoms with van der Waals surface area (Å²) in [5.41, 5.74) is 1.21. The first-order valence-electron chi connectivity index (χ1n) is 5.90. The summed E-state index contributed by atoms with van der Waals surface area (Å²) in [6, 6.07) is 8.76. The first-order valence-corrected chi connectivity index (χ1v) is 8.37. The molecule has 0 aliphatic rings. The number of hydrogen-bond acceptors (Lipinski definition) is 3. The van der Waals surface area contributed by atoms with E-state index in [2.05, 4.69) is 73.7 Å². The van der Waals surface area contributed by atoms with Crippen LogP contribution in [0.15, 0.2) is 38.6 Å². The Hall–Kier alpha value is -0.360. The molecule has 0 aliphatic carbocycles. The number of thiophene rings is 1. The van der Waals surface area contributed by atoms with E-state index in [1.165, 1.54) is 10.4 Å². The Morgan fingerprint density at radius 2 is 2.00 bits per heavy atom. The fraction of sp³-hybridized carbons (Fsp3) is 0.286. The van der Waals surface area contributed by atoms with Crippen LogP contribution in [0.5, 0.6) is 5.75 Å². The minimum absolute atomic E-state index is 0.361. The molecule has 102 valence electrons. The molecule has 0 unspecified atom stereocenters. The highest BCUT2D eigenvalue weighted by Crippen LogP contribution is 2.34. The first kappa shape index (κ1) is 15.0. The number of rotatable bonds is 5. The van der Waals surface area contributed by atoms with E-state index in [0.717, 1.165) is 21.2 Å². The van der Waals surface area contributed by atoms with Gasteiger partial charge in [-0.2, -0.15) is 0 Å². The van der Waals surface area contributed by atoms with E-state index >= 15 is 0 Å². The summed E-state index contributed by atoms with van der Waals surface area (Å²) in [6.07, 6.45) is 0. The van der Waals surface area contributed by atoms with Gasteiger partial charge in [-0.3, -0.25) is 0 Å². The molecular formula is C14H15Br2NOS. The molecule has 0 saturated heterocycles. The van der Waals surface area contributed by atoms with Gasteiger partial charge in [-0.05, 0) is 67.9 Å². The number of halogens is 2. The van der Waals surface area contributed by atoms with E-state index in [4.69, 9.17) is 4.74 Å². The molecule has 1 aromatic heterocycles. The fourth-order valence-corrected chi connectivity index (χ4v) is 4.18. The first-order chi connectivity index (χ1) is 9.11. The van der Waals surface area contributed by atoms with Crippen LogP contribution in [-0.2, 0) is 6.54 Å². The van der Waals surface area contributed by atoms with Crippen LogP contribution in [0.4, 0.5) is 0 Å². The number of methoxy groups -OCH3 is 1. The van der Waals surface area contributed by atoms with Crippen molar-refractivity contribution >= 4 is 43.2 Å². The lowest BCUT2D eigenvalue weighted by atomic mass is 10.2. The van der Waals surface area contributed by atoms with E-state index in [0.29, 0.717) is 6.04 Å². The zero-order valence-corrected chi connectivity index (χ0v) is 14.7. The lowest BCUT2D eigenvalue weighted by Gasteiger charge is -2.14. The Balaban J connectivity index is 2.04. The molecule has 1 heterocycles. The van der Waals surface area contributed by atoms with Crippen LogP contribution < -0.4 is 10.1 Å². The number of ether oxygens (including phenoxy) is 1. The molecule has 0 radical (unpaired) electrons. The summed E-state index contributed by atoms with van der Waals surface area (Å²) >= 11 is 8.82. The second kappa shape index (κ2) is 6.88. The van der Waals surface area contributed by atoms with Crippen LogP contribution in [0.25, 0.3) is 0 Å². The topological polar surface area (TPSA) is 21.3 Å². The molecule has 0 bridgehead atoms. The molecule has 1 atom stereocenters. The van der Waals surface area contributed by atoms with Gasteiger partial charge in [0.1, 0.15) is 5.75 Å². The van der Waals surface area contributed by atoms with E-state index in [1.54, 1.807) is 18.4 Å². The Labute approximate surface area is 134 Å². The summed E-state index contributed by atoms with van der Waals surface area (Å²) in [4.78, 5) is 1.35. The predicted molar refractivity (Wildman–Crippen MR) is 88.0 cm³/mol. The van der Waals surface area contributed by atoms with Gasteiger partial charge in [0.25, 0.3) is 0 Å². The van der Waals surface area contributed by atoms with E-state index in [9.17, 15) is 0 Å². The van der Waals surface area contributed by atoms with E-state index in [-0.39, 0.29) is 0 Å². The number of hydrogen-bond donors (Lipinski definition) is 1. The largest absolute Gasteiger partial charge is 0.494 e. The Morgan fingerprint density at radius 1 is 1.32 bits per heavy atom. The number of benzene rings is 1. The molecule has 0 spiro atoms. The van der Waals surface area contributed by atoms with Crippen LogP contribution in [0.3, 0.4) is 0 Å². The molecule has 1 aromatic carbocycles. The van der Waals surface area contributed by atoms with Gasteiger partial charge in [-0.25, -0.2) is 0 Å². The molecule has 2 nitrogen and oxygen atoms in total. The van der Waals surface area contributed by atoms with Gasteiger partial charge in [0, 0.05) is 17.5 Å². The van der Waals surface area contributed by atoms with Crippen molar-refractivity contribution in [2.45, 2.75) is 19.5 Å². The summed E-state index contributed by atoms with van der Waals surface area (Å²) in [7, 11) is 1.67. The van der Waals surface area contributed by atoms with E-state index < -0.39 is 0 Å². The van der Waals surface area contributed by atoms with Crippen molar-refractivity contribution in [1.82, 2.24) is 5.32 Å². The molecule has 0 amide bonds. The molecule has 0 saturated carbocycles. The van der Waals surface area contributed by atoms with Crippen molar-refractivity contribution in [2.24, 2.45) is 0 Å². The van der Waals surface area contributed by atoms with Crippen LogP contribution >= 0.6 is 43.2 Å². The van der Waals surface area contributed by atoms with Gasteiger partial charge in [-0.15, -0.1) is 11.3 Å². The Kier molecular flexibility index (Phi) is 5.45. The second-order valence-corrected chi connectivity index (χ2v) is 6.90. The van der Waals surface area contributed by atoms with E-state index in [1.807, 2.05) is 0 Å². The third-order valence-electron chi connectivity index (χ3n) is 2.84. The lowest BCUT2D eigenvalue weighted by Crippen LogP contribution is -2.17. The minimum Gasteiger partial charge on any atom is -0.494 e. The summed E-state index contributed by atoms with van der Waals surface area (Å²) in [5.74, 6) is 0.829. The van der Waals surface area contributed by atoms with Gasteiger partial charge >= 0.3 is 0 Å². The highest BCUT2D eigenvalue weighted by molar-refractivity contribution is 9.11. The maximum absolute atomic E-state index is 5.30.